The molecule has 2 aliphatic heterocycles. The summed E-state index contributed by atoms with van der Waals surface area (Å²) >= 11 is 0. The number of carbonyl (C=O) groups is 3. The van der Waals surface area contributed by atoms with Crippen molar-refractivity contribution >= 4 is 40.6 Å². The molecule has 2 fully saturated rings. The first-order valence-corrected chi connectivity index (χ1v) is 15.9. The molecule has 248 valence electrons. The van der Waals surface area contributed by atoms with Crippen LogP contribution in [0.4, 0.5) is 11.6 Å². The number of carbonyl (C=O) groups excluding carboxylic acids is 2. The number of nitrogens with zero attached hydrogens (tertiary/aromatic N) is 6. The highest BCUT2D eigenvalue weighted by Crippen LogP contribution is 2.41. The molecule has 2 amide bonds. The summed E-state index contributed by atoms with van der Waals surface area (Å²) in [5.41, 5.74) is 7.58. The number of unbranched alkanes of at least 4 members (excludes halogenated alkanes) is 1. The Kier molecular flexibility index (Phi) is 10.7. The molecule has 5 rings (SSSR count). The van der Waals surface area contributed by atoms with Crippen molar-refractivity contribution in [1.29, 1.82) is 0 Å². The third-order valence-corrected chi connectivity index (χ3v) is 9.22. The first kappa shape index (κ1) is 33.3. The summed E-state index contributed by atoms with van der Waals surface area (Å²) in [7, 11) is 0. The first-order chi connectivity index (χ1) is 22.6. The van der Waals surface area contributed by atoms with Gasteiger partial charge < -0.3 is 36.4 Å². The predicted molar refractivity (Wildman–Crippen MR) is 175 cm³/mol. The minimum absolute atomic E-state index is 0.00772. The fourth-order valence-corrected chi connectivity index (χ4v) is 6.27. The standard InChI is InChI=1S/C33H41N9O5/c1-2-3-4-15-41-16-11-33(12-17-41)13-18-42(19-14-33)26(43)10-9-25(31(46)47)38-29(44)22-5-7-23(8-6-22)35-20-24-21-36-28-27(37-24)30(45)40-32(34)39-28/h1,5-8,21,25,35H,3-4,9-20H2,(H,38,44)(H,46,47)(H3,34,36,39,40,45)/t25-/m0/s1. The number of benzene rings is 1. The van der Waals surface area contributed by atoms with Gasteiger partial charge in [0.15, 0.2) is 11.2 Å². The van der Waals surface area contributed by atoms with E-state index in [0.29, 0.717) is 24.5 Å². The van der Waals surface area contributed by atoms with E-state index in [9.17, 15) is 24.6 Å². The van der Waals surface area contributed by atoms with Crippen LogP contribution in [0, 0.1) is 17.8 Å². The third kappa shape index (κ3) is 8.62. The van der Waals surface area contributed by atoms with Gasteiger partial charge in [-0.15, -0.1) is 12.3 Å². The topological polar surface area (TPSA) is 200 Å². The van der Waals surface area contributed by atoms with Crippen molar-refractivity contribution in [3.05, 3.63) is 41.7 Å². The lowest BCUT2D eigenvalue weighted by Gasteiger charge is -2.47. The average molecular weight is 644 g/mol. The molecule has 2 aromatic heterocycles. The lowest BCUT2D eigenvalue weighted by atomic mass is 9.71. The van der Waals surface area contributed by atoms with Crippen LogP contribution in [0.1, 0.15) is 67.4 Å². The van der Waals surface area contributed by atoms with Crippen LogP contribution in [0.15, 0.2) is 30.5 Å². The van der Waals surface area contributed by atoms with Crippen molar-refractivity contribution in [3.8, 4) is 18.2 Å². The molecular formula is C33H41N9O5. The van der Waals surface area contributed by atoms with Crippen LogP contribution in [0.3, 0.4) is 0 Å². The molecular weight excluding hydrogens is 602 g/mol. The number of rotatable bonds is 12. The molecule has 0 aliphatic carbocycles. The van der Waals surface area contributed by atoms with Gasteiger partial charge in [-0.25, -0.2) is 14.8 Å². The van der Waals surface area contributed by atoms with Crippen molar-refractivity contribution in [1.82, 2.24) is 35.1 Å². The second-order valence-corrected chi connectivity index (χ2v) is 12.3. The number of nitrogen functional groups attached to an aromatic ring is 1. The Labute approximate surface area is 273 Å². The summed E-state index contributed by atoms with van der Waals surface area (Å²) < 4.78 is 0. The number of fused-ring (bicyclic) bond motifs is 1. The zero-order chi connectivity index (χ0) is 33.4. The van der Waals surface area contributed by atoms with Gasteiger partial charge in [-0.2, -0.15) is 9.97 Å². The van der Waals surface area contributed by atoms with Crippen molar-refractivity contribution in [3.63, 3.8) is 0 Å². The Morgan fingerprint density at radius 1 is 1.04 bits per heavy atom. The molecule has 4 heterocycles. The number of anilines is 2. The molecule has 2 saturated heterocycles. The van der Waals surface area contributed by atoms with Gasteiger partial charge in [0.2, 0.25) is 17.7 Å². The van der Waals surface area contributed by atoms with E-state index >= 15 is 0 Å². The molecule has 14 heteroatoms. The quantitative estimate of drug-likeness (QED) is 0.143. The van der Waals surface area contributed by atoms with Gasteiger partial charge in [0, 0.05) is 37.2 Å². The van der Waals surface area contributed by atoms with Gasteiger partial charge in [0.1, 0.15) is 6.04 Å². The molecule has 3 aromatic rings. The third-order valence-electron chi connectivity index (χ3n) is 9.22. The van der Waals surface area contributed by atoms with Gasteiger partial charge in [-0.05, 0) is 87.8 Å². The number of aliphatic carboxylic acids is 1. The van der Waals surface area contributed by atoms with Crippen LogP contribution >= 0.6 is 0 Å². The zero-order valence-electron chi connectivity index (χ0n) is 26.3. The number of amides is 2. The van der Waals surface area contributed by atoms with Crippen molar-refractivity contribution in [2.24, 2.45) is 5.41 Å². The molecule has 0 radical (unpaired) electrons. The predicted octanol–water partition coefficient (Wildman–Crippen LogP) is 2.40. The number of nitrogens with one attached hydrogen (secondary N) is 2. The molecule has 2 aliphatic rings. The number of terminal acetylenes is 1. The number of carboxylic acids is 1. The Morgan fingerprint density at radius 3 is 2.43 bits per heavy atom. The summed E-state index contributed by atoms with van der Waals surface area (Å²) in [4.78, 5) is 58.2. The van der Waals surface area contributed by atoms with Crippen molar-refractivity contribution < 1.29 is 24.6 Å². The van der Waals surface area contributed by atoms with E-state index < -0.39 is 17.9 Å². The molecule has 0 unspecified atom stereocenters. The normalized spacial score (nSPS) is 16.8. The Bertz CT molecular complexity index is 1620. The second kappa shape index (κ2) is 15.0. The maximum Gasteiger partial charge on any atom is 0.326 e. The van der Waals surface area contributed by atoms with E-state index in [2.05, 4.69) is 41.4 Å². The van der Waals surface area contributed by atoms with Crippen LogP contribution in [-0.4, -0.2) is 96.5 Å². The maximum atomic E-state index is 13.0. The molecule has 14 nitrogen and oxygen atoms in total. The highest BCUT2D eigenvalue weighted by Gasteiger charge is 2.38. The Hall–Kier alpha value is -5.03. The molecule has 47 heavy (non-hydrogen) atoms. The van der Waals surface area contributed by atoms with E-state index in [1.54, 1.807) is 24.3 Å². The lowest BCUT2D eigenvalue weighted by Crippen LogP contribution is -2.48. The van der Waals surface area contributed by atoms with Crippen molar-refractivity contribution in [2.75, 3.05) is 43.8 Å². The highest BCUT2D eigenvalue weighted by molar-refractivity contribution is 5.97. The number of aromatic nitrogens is 4. The first-order valence-electron chi connectivity index (χ1n) is 15.9. The largest absolute Gasteiger partial charge is 0.492 e. The number of aromatic hydroxyl groups is 1. The van der Waals surface area contributed by atoms with E-state index in [-0.39, 0.29) is 59.3 Å². The van der Waals surface area contributed by atoms with Gasteiger partial charge >= 0.3 is 5.97 Å². The van der Waals surface area contributed by atoms with E-state index in [1.807, 2.05) is 4.90 Å². The second-order valence-electron chi connectivity index (χ2n) is 12.3. The smallest absolute Gasteiger partial charge is 0.326 e. The summed E-state index contributed by atoms with van der Waals surface area (Å²) in [6, 6.07) is 5.30. The Morgan fingerprint density at radius 2 is 1.74 bits per heavy atom. The average Bonchev–Trinajstić information content (AvgIpc) is 3.07. The summed E-state index contributed by atoms with van der Waals surface area (Å²) in [5, 5.41) is 25.5. The van der Waals surface area contributed by atoms with E-state index in [4.69, 9.17) is 12.2 Å². The summed E-state index contributed by atoms with van der Waals surface area (Å²) in [6.45, 7) is 4.80. The molecule has 0 bridgehead atoms. The van der Waals surface area contributed by atoms with Gasteiger partial charge in [-0.1, -0.05) is 0 Å². The molecule has 6 N–H and O–H groups in total. The van der Waals surface area contributed by atoms with E-state index in [1.165, 1.54) is 6.20 Å². The van der Waals surface area contributed by atoms with Crippen LogP contribution in [-0.2, 0) is 16.1 Å². The van der Waals surface area contributed by atoms with Crippen LogP contribution < -0.4 is 16.4 Å². The van der Waals surface area contributed by atoms with Crippen LogP contribution in [0.5, 0.6) is 5.88 Å². The fraction of sp³-hybridized carbons (Fsp3) is 0.485. The monoisotopic (exact) mass is 643 g/mol. The summed E-state index contributed by atoms with van der Waals surface area (Å²) in [5.74, 6) is 0.428. The molecule has 1 atom stereocenters. The zero-order valence-corrected chi connectivity index (χ0v) is 26.3. The maximum absolute atomic E-state index is 13.0. The van der Waals surface area contributed by atoms with Gasteiger partial charge in [0.25, 0.3) is 5.91 Å². The number of nitrogens with two attached hydrogens (primary N) is 1. The number of piperidine rings is 2. The van der Waals surface area contributed by atoms with Gasteiger partial charge in [-0.3, -0.25) is 9.59 Å². The van der Waals surface area contributed by atoms with Crippen LogP contribution in [0.2, 0.25) is 0 Å². The molecule has 0 saturated carbocycles. The van der Waals surface area contributed by atoms with Crippen molar-refractivity contribution in [2.45, 2.75) is 64.0 Å². The number of hydrogen-bond donors (Lipinski definition) is 5. The number of likely N-dealkylation sites (tertiary alicyclic amines) is 2. The minimum atomic E-state index is -1.19. The number of hydrogen-bond acceptors (Lipinski definition) is 11. The number of carboxylic acid groups (broad SMARTS) is 1. The Balaban J connectivity index is 1.06. The minimum Gasteiger partial charge on any atom is -0.492 e. The van der Waals surface area contributed by atoms with Gasteiger partial charge in [0.05, 0.1) is 18.4 Å². The van der Waals surface area contributed by atoms with E-state index in [0.717, 1.165) is 58.2 Å². The lowest BCUT2D eigenvalue weighted by molar-refractivity contribution is -0.140. The van der Waals surface area contributed by atoms with Crippen LogP contribution in [0.25, 0.3) is 11.2 Å². The molecule has 1 spiro atoms. The molecule has 1 aromatic carbocycles. The SMILES string of the molecule is C#CCCCN1CCC2(CC1)CCN(C(=O)CC[C@H](NC(=O)c1ccc(NCc3cnc4nc(N)nc(O)c4n3)cc1)C(=O)O)CC2. The highest BCUT2D eigenvalue weighted by atomic mass is 16.4. The summed E-state index contributed by atoms with van der Waals surface area (Å²) in [6.07, 6.45) is 12.9. The fourth-order valence-electron chi connectivity index (χ4n) is 6.27.